The van der Waals surface area contributed by atoms with Crippen LogP contribution in [-0.4, -0.2) is 43.9 Å². The Labute approximate surface area is 219 Å². The third kappa shape index (κ3) is 13.0. The summed E-state index contributed by atoms with van der Waals surface area (Å²) in [5.74, 6) is -0.602. The van der Waals surface area contributed by atoms with Crippen LogP contribution in [0.4, 0.5) is 0 Å². The lowest BCUT2D eigenvalue weighted by atomic mass is 10.1. The predicted molar refractivity (Wildman–Crippen MR) is 146 cm³/mol. The van der Waals surface area contributed by atoms with Crippen LogP contribution < -0.4 is 0 Å². The molecule has 1 aliphatic heterocycles. The number of hydrogen-bond acceptors (Lipinski definition) is 5. The minimum absolute atomic E-state index is 0.0238. The topological polar surface area (TPSA) is 72.9 Å². The van der Waals surface area contributed by atoms with Crippen LogP contribution in [0.15, 0.2) is 42.5 Å². The lowest BCUT2D eigenvalue weighted by Crippen LogP contribution is -2.50. The van der Waals surface area contributed by atoms with E-state index in [0.717, 1.165) is 31.2 Å². The van der Waals surface area contributed by atoms with Gasteiger partial charge in [-0.25, -0.2) is 8.42 Å². The molecule has 36 heavy (non-hydrogen) atoms. The van der Waals surface area contributed by atoms with Crippen molar-refractivity contribution in [3.8, 4) is 0 Å². The standard InChI is InChI=1S/C29H47NO5S/c1-2-3-4-5-6-7-8-9-10-11-12-13-14-15-19-22-29(31)35-25-28-24-34-26-36(32,33)30(28)23-27-20-17-16-18-21-27/h9-10,16-18,20-21,28H,2-8,11-15,19,22-26H2,1H3/b10-9-/t28-/m1/s1. The largest absolute Gasteiger partial charge is 0.464 e. The Hall–Kier alpha value is -1.70. The average molecular weight is 522 g/mol. The van der Waals surface area contributed by atoms with Gasteiger partial charge in [0, 0.05) is 13.0 Å². The summed E-state index contributed by atoms with van der Waals surface area (Å²) in [5, 5.41) is 0. The Kier molecular flexibility index (Phi) is 15.7. The highest BCUT2D eigenvalue weighted by Crippen LogP contribution is 2.20. The van der Waals surface area contributed by atoms with E-state index < -0.39 is 16.1 Å². The average Bonchev–Trinajstić information content (AvgIpc) is 2.87. The van der Waals surface area contributed by atoms with Crippen molar-refractivity contribution in [2.24, 2.45) is 0 Å². The minimum atomic E-state index is -3.55. The lowest BCUT2D eigenvalue weighted by Gasteiger charge is -2.34. The van der Waals surface area contributed by atoms with Crippen molar-refractivity contribution in [3.63, 3.8) is 0 Å². The number of carbonyl (C=O) groups is 1. The first-order valence-electron chi connectivity index (χ1n) is 13.9. The fourth-order valence-electron chi connectivity index (χ4n) is 4.39. The van der Waals surface area contributed by atoms with Gasteiger partial charge in [0.2, 0.25) is 10.0 Å². The van der Waals surface area contributed by atoms with Gasteiger partial charge in [0.25, 0.3) is 0 Å². The first kappa shape index (κ1) is 30.5. The zero-order valence-corrected chi connectivity index (χ0v) is 23.1. The van der Waals surface area contributed by atoms with Crippen molar-refractivity contribution < 1.29 is 22.7 Å². The van der Waals surface area contributed by atoms with Gasteiger partial charge in [-0.15, -0.1) is 0 Å². The Balaban J connectivity index is 1.52. The van der Waals surface area contributed by atoms with Gasteiger partial charge in [-0.05, 0) is 37.7 Å². The van der Waals surface area contributed by atoms with Gasteiger partial charge in [-0.1, -0.05) is 101 Å². The molecule has 6 nitrogen and oxygen atoms in total. The number of hydrogen-bond donors (Lipinski definition) is 0. The number of unbranched alkanes of at least 4 members (excludes halogenated alkanes) is 11. The van der Waals surface area contributed by atoms with Crippen molar-refractivity contribution >= 4 is 16.0 Å². The molecule has 1 saturated heterocycles. The van der Waals surface area contributed by atoms with Crippen LogP contribution in [-0.2, 0) is 30.8 Å². The number of sulfonamides is 1. The SMILES string of the molecule is CCCCCCCC/C=C\CCCCCCCC(=O)OC[C@H]1COCS(=O)(=O)N1Cc1ccccc1. The van der Waals surface area contributed by atoms with Crippen LogP contribution in [0, 0.1) is 0 Å². The number of nitrogens with zero attached hydrogens (tertiary/aromatic N) is 1. The molecule has 0 bridgehead atoms. The van der Waals surface area contributed by atoms with E-state index in [4.69, 9.17) is 9.47 Å². The number of rotatable bonds is 19. The summed E-state index contributed by atoms with van der Waals surface area (Å²) in [6.45, 7) is 2.76. The van der Waals surface area contributed by atoms with Crippen molar-refractivity contribution in [1.29, 1.82) is 0 Å². The van der Waals surface area contributed by atoms with Crippen LogP contribution in [0.25, 0.3) is 0 Å². The van der Waals surface area contributed by atoms with Gasteiger partial charge in [0.05, 0.1) is 12.6 Å². The first-order chi connectivity index (χ1) is 17.5. The Morgan fingerprint density at radius 1 is 0.944 bits per heavy atom. The molecule has 0 aromatic heterocycles. The molecule has 1 fully saturated rings. The molecule has 1 aliphatic rings. The number of esters is 1. The van der Waals surface area contributed by atoms with E-state index in [0.29, 0.717) is 6.42 Å². The second kappa shape index (κ2) is 18.5. The van der Waals surface area contributed by atoms with E-state index in [-0.39, 0.29) is 31.7 Å². The fraction of sp³-hybridized carbons (Fsp3) is 0.690. The summed E-state index contributed by atoms with van der Waals surface area (Å²) in [7, 11) is -3.55. The Morgan fingerprint density at radius 2 is 1.56 bits per heavy atom. The molecule has 0 N–H and O–H groups in total. The summed E-state index contributed by atoms with van der Waals surface area (Å²) in [5.41, 5.74) is 0.896. The zero-order valence-electron chi connectivity index (χ0n) is 22.2. The monoisotopic (exact) mass is 521 g/mol. The third-order valence-corrected chi connectivity index (χ3v) is 8.17. The van der Waals surface area contributed by atoms with Crippen LogP contribution >= 0.6 is 0 Å². The molecule has 0 saturated carbocycles. The molecular weight excluding hydrogens is 474 g/mol. The van der Waals surface area contributed by atoms with Crippen LogP contribution in [0.5, 0.6) is 0 Å². The van der Waals surface area contributed by atoms with Crippen molar-refractivity contribution in [2.75, 3.05) is 19.2 Å². The molecule has 0 amide bonds. The number of carbonyl (C=O) groups excluding carboxylic acids is 1. The molecule has 2 rings (SSSR count). The van der Waals surface area contributed by atoms with Gasteiger partial charge >= 0.3 is 5.97 Å². The van der Waals surface area contributed by atoms with Crippen LogP contribution in [0.3, 0.4) is 0 Å². The van der Waals surface area contributed by atoms with Crippen molar-refractivity contribution in [3.05, 3.63) is 48.0 Å². The third-order valence-electron chi connectivity index (χ3n) is 6.57. The van der Waals surface area contributed by atoms with Gasteiger partial charge < -0.3 is 9.47 Å². The first-order valence-corrected chi connectivity index (χ1v) is 15.6. The van der Waals surface area contributed by atoms with Gasteiger partial charge in [-0.3, -0.25) is 4.79 Å². The van der Waals surface area contributed by atoms with Crippen LogP contribution in [0.1, 0.15) is 102 Å². The highest BCUT2D eigenvalue weighted by atomic mass is 32.2. The van der Waals surface area contributed by atoms with E-state index >= 15 is 0 Å². The second-order valence-corrected chi connectivity index (χ2v) is 11.7. The highest BCUT2D eigenvalue weighted by molar-refractivity contribution is 7.88. The van der Waals surface area contributed by atoms with E-state index in [1.807, 2.05) is 30.3 Å². The smallest absolute Gasteiger partial charge is 0.305 e. The maximum Gasteiger partial charge on any atom is 0.305 e. The number of ether oxygens (including phenoxy) is 2. The van der Waals surface area contributed by atoms with E-state index in [1.165, 1.54) is 62.1 Å². The number of benzene rings is 1. The molecular formula is C29H47NO5S. The molecule has 0 aliphatic carbocycles. The summed E-state index contributed by atoms with van der Waals surface area (Å²) < 4.78 is 37.1. The number of allylic oxidation sites excluding steroid dienone is 2. The molecule has 1 aromatic rings. The van der Waals surface area contributed by atoms with E-state index in [2.05, 4.69) is 19.1 Å². The molecule has 1 heterocycles. The quantitative estimate of drug-likeness (QED) is 0.114. The van der Waals surface area contributed by atoms with Gasteiger partial charge in [0.1, 0.15) is 6.61 Å². The summed E-state index contributed by atoms with van der Waals surface area (Å²) in [6.07, 6.45) is 20.8. The molecule has 7 heteroatoms. The van der Waals surface area contributed by atoms with Crippen LogP contribution in [0.2, 0.25) is 0 Å². The minimum Gasteiger partial charge on any atom is -0.464 e. The molecule has 1 atom stereocenters. The molecule has 0 unspecified atom stereocenters. The summed E-state index contributed by atoms with van der Waals surface area (Å²) in [4.78, 5) is 12.2. The molecule has 0 radical (unpaired) electrons. The molecule has 0 spiro atoms. The Morgan fingerprint density at radius 3 is 2.22 bits per heavy atom. The normalized spacial score (nSPS) is 18.0. The fourth-order valence-corrected chi connectivity index (χ4v) is 5.75. The molecule has 1 aromatic carbocycles. The Bertz CT molecular complexity index is 840. The second-order valence-electron chi connectivity index (χ2n) is 9.80. The molecule has 204 valence electrons. The maximum atomic E-state index is 12.5. The van der Waals surface area contributed by atoms with E-state index in [1.54, 1.807) is 0 Å². The summed E-state index contributed by atoms with van der Waals surface area (Å²) in [6, 6.07) is 8.94. The maximum absolute atomic E-state index is 12.5. The summed E-state index contributed by atoms with van der Waals surface area (Å²) >= 11 is 0. The highest BCUT2D eigenvalue weighted by Gasteiger charge is 2.35. The zero-order chi connectivity index (χ0) is 25.9. The van der Waals surface area contributed by atoms with Crippen molar-refractivity contribution in [1.82, 2.24) is 4.31 Å². The predicted octanol–water partition coefficient (Wildman–Crippen LogP) is 6.76. The van der Waals surface area contributed by atoms with Crippen molar-refractivity contribution in [2.45, 2.75) is 109 Å². The van der Waals surface area contributed by atoms with Gasteiger partial charge in [-0.2, -0.15) is 4.31 Å². The lowest BCUT2D eigenvalue weighted by molar-refractivity contribution is -0.146. The van der Waals surface area contributed by atoms with E-state index in [9.17, 15) is 13.2 Å². The van der Waals surface area contributed by atoms with Gasteiger partial charge in [0.15, 0.2) is 5.94 Å².